The van der Waals surface area contributed by atoms with Crippen LogP contribution >= 0.6 is 0 Å². The fourth-order valence-corrected chi connectivity index (χ4v) is 2.76. The summed E-state index contributed by atoms with van der Waals surface area (Å²) >= 11 is 0. The molecule has 0 aliphatic heterocycles. The number of fused-ring (bicyclic) bond motifs is 1. The monoisotopic (exact) mass is 310 g/mol. The summed E-state index contributed by atoms with van der Waals surface area (Å²) in [6.07, 6.45) is 0. The van der Waals surface area contributed by atoms with Gasteiger partial charge in [-0.15, -0.1) is 0 Å². The Hall–Kier alpha value is -2.56. The number of anilines is 1. The van der Waals surface area contributed by atoms with E-state index in [0.29, 0.717) is 17.9 Å². The topological polar surface area (TPSA) is 65.8 Å². The zero-order valence-electron chi connectivity index (χ0n) is 14.0. The largest absolute Gasteiger partial charge is 0.399 e. The molecule has 0 saturated heterocycles. The molecule has 2 heterocycles. The number of aryl methyl sites for hydroxylation is 1. The Morgan fingerprint density at radius 2 is 1.91 bits per heavy atom. The summed E-state index contributed by atoms with van der Waals surface area (Å²) in [7, 11) is 1.76. The lowest BCUT2D eigenvalue weighted by molar-refractivity contribution is 0.342. The quantitative estimate of drug-likeness (QED) is 0.740. The fraction of sp³-hybridized carbons (Fsp3) is 0.333. The molecule has 3 rings (SSSR count). The first-order valence-corrected chi connectivity index (χ1v) is 7.68. The molecule has 5 nitrogen and oxygen atoms in total. The van der Waals surface area contributed by atoms with E-state index in [1.165, 1.54) is 0 Å². The van der Waals surface area contributed by atoms with Crippen molar-refractivity contribution < 1.29 is 0 Å². The fourth-order valence-electron chi connectivity index (χ4n) is 2.76. The number of benzene rings is 1. The van der Waals surface area contributed by atoms with Crippen molar-refractivity contribution in [2.75, 3.05) is 5.73 Å². The number of hydrogen-bond donors (Lipinski definition) is 1. The average molecular weight is 310 g/mol. The summed E-state index contributed by atoms with van der Waals surface area (Å²) in [5.41, 5.74) is 9.85. The molecular formula is C18H22N4O. The highest BCUT2D eigenvalue weighted by atomic mass is 16.1. The van der Waals surface area contributed by atoms with Crippen LogP contribution in [0.3, 0.4) is 0 Å². The van der Waals surface area contributed by atoms with Crippen molar-refractivity contribution in [1.82, 2.24) is 14.1 Å². The van der Waals surface area contributed by atoms with Gasteiger partial charge in [0.25, 0.3) is 0 Å². The number of nitrogens with two attached hydrogens (primary N) is 1. The molecule has 0 saturated carbocycles. The molecule has 0 aliphatic rings. The molecule has 0 amide bonds. The van der Waals surface area contributed by atoms with Gasteiger partial charge in [-0.05, 0) is 29.7 Å². The molecule has 5 heteroatoms. The third-order valence-corrected chi connectivity index (χ3v) is 3.80. The van der Waals surface area contributed by atoms with Gasteiger partial charge in [-0.2, -0.15) is 0 Å². The minimum atomic E-state index is -0.0350. The van der Waals surface area contributed by atoms with Crippen molar-refractivity contribution in [2.45, 2.75) is 27.3 Å². The number of nitrogens with zero attached hydrogens (tertiary/aromatic N) is 3. The standard InChI is InChI=1S/C18H22N4O/c1-18(2,3)11-22-15-9-8-14(12-6-5-7-13(19)10-12)20-16(15)21(4)17(22)23/h5-10H,11,19H2,1-4H3. The van der Waals surface area contributed by atoms with Gasteiger partial charge in [-0.3, -0.25) is 9.13 Å². The molecule has 0 bridgehead atoms. The minimum Gasteiger partial charge on any atom is -0.399 e. The number of hydrogen-bond acceptors (Lipinski definition) is 3. The Balaban J connectivity index is 2.18. The van der Waals surface area contributed by atoms with E-state index >= 15 is 0 Å². The van der Waals surface area contributed by atoms with E-state index in [9.17, 15) is 4.79 Å². The van der Waals surface area contributed by atoms with Crippen molar-refractivity contribution >= 4 is 16.9 Å². The van der Waals surface area contributed by atoms with Crippen LogP contribution in [0.2, 0.25) is 0 Å². The third-order valence-electron chi connectivity index (χ3n) is 3.80. The van der Waals surface area contributed by atoms with Crippen LogP contribution in [0.1, 0.15) is 20.8 Å². The van der Waals surface area contributed by atoms with Crippen LogP contribution in [-0.4, -0.2) is 14.1 Å². The smallest absolute Gasteiger partial charge is 0.330 e. The molecule has 0 radical (unpaired) electrons. The molecule has 2 aromatic heterocycles. The van der Waals surface area contributed by atoms with Crippen molar-refractivity contribution in [3.63, 3.8) is 0 Å². The van der Waals surface area contributed by atoms with Crippen molar-refractivity contribution in [1.29, 1.82) is 0 Å². The molecule has 1 aromatic carbocycles. The van der Waals surface area contributed by atoms with Crippen molar-refractivity contribution in [2.24, 2.45) is 12.5 Å². The van der Waals surface area contributed by atoms with E-state index in [1.807, 2.05) is 36.4 Å². The van der Waals surface area contributed by atoms with Gasteiger partial charge in [0.05, 0.1) is 11.2 Å². The molecule has 0 aliphatic carbocycles. The number of pyridine rings is 1. The highest BCUT2D eigenvalue weighted by molar-refractivity contribution is 5.77. The van der Waals surface area contributed by atoms with Crippen LogP contribution in [0.4, 0.5) is 5.69 Å². The second kappa shape index (κ2) is 5.26. The molecule has 0 spiro atoms. The average Bonchev–Trinajstić information content (AvgIpc) is 2.71. The maximum atomic E-state index is 12.5. The normalized spacial score (nSPS) is 12.0. The van der Waals surface area contributed by atoms with E-state index in [-0.39, 0.29) is 11.1 Å². The van der Waals surface area contributed by atoms with Crippen LogP contribution in [-0.2, 0) is 13.6 Å². The predicted molar refractivity (Wildman–Crippen MR) is 94.3 cm³/mol. The van der Waals surface area contributed by atoms with Crippen LogP contribution in [0.25, 0.3) is 22.4 Å². The number of aromatic nitrogens is 3. The zero-order valence-corrected chi connectivity index (χ0v) is 14.0. The lowest BCUT2D eigenvalue weighted by atomic mass is 9.97. The first-order valence-electron chi connectivity index (χ1n) is 7.68. The molecular weight excluding hydrogens is 288 g/mol. The minimum absolute atomic E-state index is 0.0185. The SMILES string of the molecule is Cn1c(=O)n(CC(C)(C)C)c2ccc(-c3cccc(N)c3)nc21. The van der Waals surface area contributed by atoms with E-state index in [2.05, 4.69) is 25.8 Å². The van der Waals surface area contributed by atoms with E-state index in [4.69, 9.17) is 5.73 Å². The van der Waals surface area contributed by atoms with Crippen LogP contribution in [0.5, 0.6) is 0 Å². The molecule has 0 atom stereocenters. The maximum Gasteiger partial charge on any atom is 0.330 e. The summed E-state index contributed by atoms with van der Waals surface area (Å²) < 4.78 is 3.41. The third kappa shape index (κ3) is 2.86. The molecule has 3 aromatic rings. The Kier molecular flexibility index (Phi) is 3.51. The van der Waals surface area contributed by atoms with Gasteiger partial charge >= 0.3 is 5.69 Å². The summed E-state index contributed by atoms with van der Waals surface area (Å²) in [4.78, 5) is 17.2. The molecule has 0 unspecified atom stereocenters. The van der Waals surface area contributed by atoms with Gasteiger partial charge in [-0.1, -0.05) is 32.9 Å². The van der Waals surface area contributed by atoms with Gasteiger partial charge in [0.1, 0.15) is 0 Å². The van der Waals surface area contributed by atoms with Crippen LogP contribution < -0.4 is 11.4 Å². The Bertz CT molecular complexity index is 928. The summed E-state index contributed by atoms with van der Waals surface area (Å²) in [5, 5.41) is 0. The summed E-state index contributed by atoms with van der Waals surface area (Å²) in [6, 6.07) is 11.5. The van der Waals surface area contributed by atoms with Gasteiger partial charge in [-0.25, -0.2) is 9.78 Å². The second-order valence-electron chi connectivity index (χ2n) is 7.15. The van der Waals surface area contributed by atoms with Crippen LogP contribution in [0, 0.1) is 5.41 Å². The molecule has 23 heavy (non-hydrogen) atoms. The van der Waals surface area contributed by atoms with Crippen LogP contribution in [0.15, 0.2) is 41.2 Å². The summed E-state index contributed by atoms with van der Waals surface area (Å²) in [5.74, 6) is 0. The number of imidazole rings is 1. The Labute approximate surface area is 135 Å². The maximum absolute atomic E-state index is 12.5. The van der Waals surface area contributed by atoms with E-state index < -0.39 is 0 Å². The lowest BCUT2D eigenvalue weighted by Crippen LogP contribution is -2.27. The van der Waals surface area contributed by atoms with Gasteiger partial charge in [0.15, 0.2) is 5.65 Å². The van der Waals surface area contributed by atoms with Crippen molar-refractivity contribution in [3.05, 3.63) is 46.9 Å². The molecule has 2 N–H and O–H groups in total. The highest BCUT2D eigenvalue weighted by Gasteiger charge is 2.18. The van der Waals surface area contributed by atoms with Gasteiger partial charge in [0.2, 0.25) is 0 Å². The Morgan fingerprint density at radius 3 is 2.57 bits per heavy atom. The first kappa shape index (κ1) is 15.3. The summed E-state index contributed by atoms with van der Waals surface area (Å²) in [6.45, 7) is 7.01. The van der Waals surface area contributed by atoms with Crippen molar-refractivity contribution in [3.8, 4) is 11.3 Å². The molecule has 0 fully saturated rings. The van der Waals surface area contributed by atoms with E-state index in [1.54, 1.807) is 16.2 Å². The van der Waals surface area contributed by atoms with Gasteiger partial charge < -0.3 is 5.73 Å². The molecule has 120 valence electrons. The highest BCUT2D eigenvalue weighted by Crippen LogP contribution is 2.24. The second-order valence-corrected chi connectivity index (χ2v) is 7.15. The zero-order chi connectivity index (χ0) is 16.8. The number of rotatable bonds is 2. The number of nitrogen functional groups attached to an aromatic ring is 1. The predicted octanol–water partition coefficient (Wildman–Crippen LogP) is 3.03. The lowest BCUT2D eigenvalue weighted by Gasteiger charge is -2.18. The Morgan fingerprint density at radius 1 is 1.17 bits per heavy atom. The van der Waals surface area contributed by atoms with Gasteiger partial charge in [0, 0.05) is 24.8 Å². The first-order chi connectivity index (χ1) is 10.8. The van der Waals surface area contributed by atoms with E-state index in [0.717, 1.165) is 16.8 Å².